The average Bonchev–Trinajstić information content (AvgIpc) is 2.84. The van der Waals surface area contributed by atoms with Gasteiger partial charge in [0.15, 0.2) is 5.82 Å². The van der Waals surface area contributed by atoms with Gasteiger partial charge in [-0.25, -0.2) is 4.79 Å². The third-order valence-corrected chi connectivity index (χ3v) is 2.83. The molecular formula is C14H17N3O3. The van der Waals surface area contributed by atoms with Gasteiger partial charge in [0.05, 0.1) is 13.2 Å². The van der Waals surface area contributed by atoms with Crippen molar-refractivity contribution < 1.29 is 14.1 Å². The zero-order chi connectivity index (χ0) is 14.5. The summed E-state index contributed by atoms with van der Waals surface area (Å²) >= 11 is 0. The molecule has 2 N–H and O–H groups in total. The first kappa shape index (κ1) is 13.9. The highest BCUT2D eigenvalue weighted by Crippen LogP contribution is 2.17. The van der Waals surface area contributed by atoms with E-state index in [0.717, 1.165) is 11.3 Å². The lowest BCUT2D eigenvalue weighted by molar-refractivity contribution is 0.249. The van der Waals surface area contributed by atoms with Crippen molar-refractivity contribution in [1.82, 2.24) is 10.5 Å². The zero-order valence-corrected chi connectivity index (χ0v) is 11.6. The lowest BCUT2D eigenvalue weighted by Gasteiger charge is -2.14. The van der Waals surface area contributed by atoms with Crippen molar-refractivity contribution in [1.29, 1.82) is 0 Å². The topological polar surface area (TPSA) is 76.4 Å². The number of aryl methyl sites for hydroxylation is 1. The minimum absolute atomic E-state index is 0.131. The SMILES string of the molecule is COc1ccc(C(C)NC(=O)Nc2cc(C)on2)cc1. The van der Waals surface area contributed by atoms with E-state index < -0.39 is 0 Å². The van der Waals surface area contributed by atoms with Gasteiger partial charge in [-0.15, -0.1) is 0 Å². The Morgan fingerprint density at radius 2 is 2.05 bits per heavy atom. The standard InChI is InChI=1S/C14H17N3O3/c1-9-8-13(17-20-9)16-14(18)15-10(2)11-4-6-12(19-3)7-5-11/h4-8,10H,1-3H3,(H2,15,16,17,18). The number of urea groups is 1. The molecule has 106 valence electrons. The van der Waals surface area contributed by atoms with Crippen LogP contribution < -0.4 is 15.4 Å². The van der Waals surface area contributed by atoms with E-state index in [9.17, 15) is 4.79 Å². The molecule has 6 heteroatoms. The number of aromatic nitrogens is 1. The smallest absolute Gasteiger partial charge is 0.320 e. The molecule has 2 amide bonds. The summed E-state index contributed by atoms with van der Waals surface area (Å²) in [5, 5.41) is 9.12. The molecule has 2 aromatic rings. The fraction of sp³-hybridized carbons (Fsp3) is 0.286. The van der Waals surface area contributed by atoms with Crippen LogP contribution in [0.25, 0.3) is 0 Å². The summed E-state index contributed by atoms with van der Waals surface area (Å²) < 4.78 is 9.97. The van der Waals surface area contributed by atoms with Gasteiger partial charge in [-0.05, 0) is 31.5 Å². The quantitative estimate of drug-likeness (QED) is 0.899. The third-order valence-electron chi connectivity index (χ3n) is 2.83. The third kappa shape index (κ3) is 3.50. The maximum absolute atomic E-state index is 11.8. The fourth-order valence-corrected chi connectivity index (χ4v) is 1.75. The molecule has 6 nitrogen and oxygen atoms in total. The van der Waals surface area contributed by atoms with Gasteiger partial charge < -0.3 is 14.6 Å². The Balaban J connectivity index is 1.92. The Morgan fingerprint density at radius 1 is 1.35 bits per heavy atom. The number of carbonyl (C=O) groups is 1. The molecule has 1 aromatic heterocycles. The molecule has 0 radical (unpaired) electrons. The summed E-state index contributed by atoms with van der Waals surface area (Å²) in [5.74, 6) is 1.81. The number of hydrogen-bond donors (Lipinski definition) is 2. The Kier molecular flexibility index (Phi) is 4.24. The number of amides is 2. The minimum atomic E-state index is -0.332. The molecule has 1 atom stereocenters. The van der Waals surface area contributed by atoms with Crippen molar-refractivity contribution in [3.05, 3.63) is 41.7 Å². The van der Waals surface area contributed by atoms with Crippen LogP contribution in [-0.2, 0) is 0 Å². The maximum Gasteiger partial charge on any atom is 0.320 e. The van der Waals surface area contributed by atoms with Gasteiger partial charge in [-0.2, -0.15) is 0 Å². The molecule has 0 bridgehead atoms. The summed E-state index contributed by atoms with van der Waals surface area (Å²) in [7, 11) is 1.62. The van der Waals surface area contributed by atoms with Crippen LogP contribution in [0.1, 0.15) is 24.3 Å². The maximum atomic E-state index is 11.8. The number of benzene rings is 1. The highest BCUT2D eigenvalue weighted by Gasteiger charge is 2.11. The average molecular weight is 275 g/mol. The van der Waals surface area contributed by atoms with E-state index in [1.54, 1.807) is 20.1 Å². The second-order valence-electron chi connectivity index (χ2n) is 4.42. The number of nitrogens with zero attached hydrogens (tertiary/aromatic N) is 1. The lowest BCUT2D eigenvalue weighted by Crippen LogP contribution is -2.31. The van der Waals surface area contributed by atoms with Gasteiger partial charge in [0.1, 0.15) is 11.5 Å². The van der Waals surface area contributed by atoms with Crippen molar-refractivity contribution in [2.75, 3.05) is 12.4 Å². The van der Waals surface area contributed by atoms with Gasteiger partial charge >= 0.3 is 6.03 Å². The predicted octanol–water partition coefficient (Wildman–Crippen LogP) is 2.87. The van der Waals surface area contributed by atoms with Gasteiger partial charge in [-0.1, -0.05) is 17.3 Å². The lowest BCUT2D eigenvalue weighted by atomic mass is 10.1. The molecule has 0 aliphatic heterocycles. The van der Waals surface area contributed by atoms with Crippen molar-refractivity contribution in [2.45, 2.75) is 19.9 Å². The van der Waals surface area contributed by atoms with Gasteiger partial charge in [0.2, 0.25) is 0 Å². The van der Waals surface area contributed by atoms with Gasteiger partial charge in [0.25, 0.3) is 0 Å². The number of ether oxygens (including phenoxy) is 1. The van der Waals surface area contributed by atoms with E-state index in [2.05, 4.69) is 15.8 Å². The Hall–Kier alpha value is -2.50. The van der Waals surface area contributed by atoms with Crippen LogP contribution in [0.3, 0.4) is 0 Å². The second-order valence-corrected chi connectivity index (χ2v) is 4.42. The first-order valence-electron chi connectivity index (χ1n) is 6.23. The van der Waals surface area contributed by atoms with Crippen molar-refractivity contribution in [3.63, 3.8) is 0 Å². The van der Waals surface area contributed by atoms with E-state index in [1.165, 1.54) is 0 Å². The molecule has 0 spiro atoms. The van der Waals surface area contributed by atoms with Crippen LogP contribution in [0.5, 0.6) is 5.75 Å². The summed E-state index contributed by atoms with van der Waals surface area (Å²) in [6.07, 6.45) is 0. The van der Waals surface area contributed by atoms with Crippen LogP contribution in [0.15, 0.2) is 34.9 Å². The van der Waals surface area contributed by atoms with Crippen molar-refractivity contribution in [2.24, 2.45) is 0 Å². The molecule has 1 unspecified atom stereocenters. The normalized spacial score (nSPS) is 11.8. The number of hydrogen-bond acceptors (Lipinski definition) is 4. The minimum Gasteiger partial charge on any atom is -0.497 e. The molecule has 0 aliphatic carbocycles. The molecule has 0 saturated carbocycles. The largest absolute Gasteiger partial charge is 0.497 e. The monoisotopic (exact) mass is 275 g/mol. The highest BCUT2D eigenvalue weighted by molar-refractivity contribution is 5.88. The summed E-state index contributed by atoms with van der Waals surface area (Å²) in [6, 6.07) is 8.71. The number of rotatable bonds is 4. The molecule has 0 fully saturated rings. The number of methoxy groups -OCH3 is 1. The predicted molar refractivity (Wildman–Crippen MR) is 74.8 cm³/mol. The molecule has 1 heterocycles. The van der Waals surface area contributed by atoms with E-state index in [1.807, 2.05) is 31.2 Å². The van der Waals surface area contributed by atoms with Crippen molar-refractivity contribution >= 4 is 11.8 Å². The van der Waals surface area contributed by atoms with Gasteiger partial charge in [-0.3, -0.25) is 5.32 Å². The highest BCUT2D eigenvalue weighted by atomic mass is 16.5. The Labute approximate surface area is 117 Å². The van der Waals surface area contributed by atoms with E-state index >= 15 is 0 Å². The van der Waals surface area contributed by atoms with E-state index in [4.69, 9.17) is 9.26 Å². The molecule has 2 rings (SSSR count). The Bertz CT molecular complexity index is 578. The van der Waals surface area contributed by atoms with Crippen LogP contribution in [0, 0.1) is 6.92 Å². The van der Waals surface area contributed by atoms with Crippen molar-refractivity contribution in [3.8, 4) is 5.75 Å². The van der Waals surface area contributed by atoms with Crippen LogP contribution in [0.4, 0.5) is 10.6 Å². The summed E-state index contributed by atoms with van der Waals surface area (Å²) in [4.78, 5) is 11.8. The molecule has 0 aliphatic rings. The number of carbonyl (C=O) groups excluding carboxylic acids is 1. The Morgan fingerprint density at radius 3 is 2.60 bits per heavy atom. The summed E-state index contributed by atoms with van der Waals surface area (Å²) in [5.41, 5.74) is 0.984. The van der Waals surface area contributed by atoms with Crippen LogP contribution in [0.2, 0.25) is 0 Å². The molecule has 20 heavy (non-hydrogen) atoms. The molecular weight excluding hydrogens is 258 g/mol. The van der Waals surface area contributed by atoms with Crippen LogP contribution in [-0.4, -0.2) is 18.3 Å². The molecule has 0 saturated heterocycles. The van der Waals surface area contributed by atoms with E-state index in [0.29, 0.717) is 11.6 Å². The zero-order valence-electron chi connectivity index (χ0n) is 11.6. The summed E-state index contributed by atoms with van der Waals surface area (Å²) in [6.45, 7) is 3.66. The number of anilines is 1. The second kappa shape index (κ2) is 6.10. The van der Waals surface area contributed by atoms with Crippen LogP contribution >= 0.6 is 0 Å². The number of nitrogens with one attached hydrogen (secondary N) is 2. The first-order chi connectivity index (χ1) is 9.58. The first-order valence-corrected chi connectivity index (χ1v) is 6.23. The molecule has 1 aromatic carbocycles. The van der Waals surface area contributed by atoms with E-state index in [-0.39, 0.29) is 12.1 Å². The van der Waals surface area contributed by atoms with Gasteiger partial charge in [0, 0.05) is 6.07 Å². The fourth-order valence-electron chi connectivity index (χ4n) is 1.75.